The Kier molecular flexibility index (Phi) is 14.9. The first-order valence-corrected chi connectivity index (χ1v) is 14.0. The maximum Gasteiger partial charge on any atom is 0.246 e. The van der Waals surface area contributed by atoms with E-state index in [2.05, 4.69) is 13.8 Å². The van der Waals surface area contributed by atoms with Crippen molar-refractivity contribution in [3.63, 3.8) is 0 Å². The summed E-state index contributed by atoms with van der Waals surface area (Å²) in [6.07, 6.45) is 6.28. The third kappa shape index (κ3) is 13.9. The summed E-state index contributed by atoms with van der Waals surface area (Å²) in [5, 5.41) is 0. The molecule has 0 saturated heterocycles. The lowest BCUT2D eigenvalue weighted by Gasteiger charge is -2.22. The Labute approximate surface area is 139 Å². The predicted molar refractivity (Wildman–Crippen MR) is 98.3 cm³/mol. The smallest absolute Gasteiger partial charge is 0.246 e. The zero-order valence-corrected chi connectivity index (χ0v) is 17.2. The Balaban J connectivity index is 3.85. The minimum absolute atomic E-state index is 0.0459. The Morgan fingerprint density at radius 2 is 1.36 bits per heavy atom. The van der Waals surface area contributed by atoms with Crippen LogP contribution in [0.5, 0.6) is 0 Å². The number of halogens is 3. The first kappa shape index (κ1) is 22.2. The highest BCUT2D eigenvalue weighted by Gasteiger charge is 2.31. The van der Waals surface area contributed by atoms with Gasteiger partial charge < -0.3 is 4.11 Å². The Morgan fingerprint density at radius 3 is 1.86 bits per heavy atom. The molecule has 0 radical (unpaired) electrons. The van der Waals surface area contributed by atoms with E-state index in [0.29, 0.717) is 6.42 Å². The van der Waals surface area contributed by atoms with Gasteiger partial charge in [0.15, 0.2) is 0 Å². The molecule has 0 aliphatic rings. The normalized spacial score (nSPS) is 12.8. The molecule has 0 nitrogen and oxygen atoms in total. The molecule has 0 aliphatic carbocycles. The minimum atomic E-state index is -2.50. The molecule has 134 valence electrons. The third-order valence-corrected chi connectivity index (χ3v) is 10.8. The number of hydrogen-bond donors (Lipinski definition) is 0. The van der Waals surface area contributed by atoms with Crippen molar-refractivity contribution in [3.05, 3.63) is 0 Å². The largest absolute Gasteiger partial charge is 0.314 e. The summed E-state index contributed by atoms with van der Waals surface area (Å²) in [7, 11) is -2.72. The second kappa shape index (κ2) is 14.8. The monoisotopic (exact) mass is 354 g/mol. The third-order valence-electron chi connectivity index (χ3n) is 4.50. The van der Waals surface area contributed by atoms with Crippen LogP contribution in [0.3, 0.4) is 0 Å². The lowest BCUT2D eigenvalue weighted by atomic mass is 10.3. The standard InChI is InChI=1S/C17H37F3Si2/c1-3-5-9-14-22(20,15-10-6-4-2)16-13-21-12-8-7-11-17(18)19/h17H,3-16,21H2,1-2H3. The van der Waals surface area contributed by atoms with Gasteiger partial charge in [-0.15, -0.1) is 0 Å². The van der Waals surface area contributed by atoms with Crippen LogP contribution in [-0.2, 0) is 0 Å². The van der Waals surface area contributed by atoms with E-state index in [1.54, 1.807) is 0 Å². The van der Waals surface area contributed by atoms with E-state index in [9.17, 15) is 8.78 Å². The van der Waals surface area contributed by atoms with Crippen molar-refractivity contribution in [2.24, 2.45) is 0 Å². The van der Waals surface area contributed by atoms with Gasteiger partial charge in [-0.2, -0.15) is 0 Å². The highest BCUT2D eigenvalue weighted by Crippen LogP contribution is 2.29. The molecule has 22 heavy (non-hydrogen) atoms. The van der Waals surface area contributed by atoms with Crippen molar-refractivity contribution >= 4 is 17.9 Å². The zero-order valence-electron chi connectivity index (χ0n) is 14.8. The molecule has 0 aromatic carbocycles. The van der Waals surface area contributed by atoms with Crippen LogP contribution >= 0.6 is 0 Å². The Bertz CT molecular complexity index is 228. The van der Waals surface area contributed by atoms with E-state index in [0.717, 1.165) is 62.3 Å². The van der Waals surface area contributed by atoms with E-state index in [-0.39, 0.29) is 15.9 Å². The molecule has 0 heterocycles. The highest BCUT2D eigenvalue weighted by molar-refractivity contribution is 6.73. The average Bonchev–Trinajstić information content (AvgIpc) is 2.46. The molecular weight excluding hydrogens is 317 g/mol. The minimum Gasteiger partial charge on any atom is -0.314 e. The zero-order chi connectivity index (χ0) is 16.7. The van der Waals surface area contributed by atoms with Gasteiger partial charge in [-0.25, -0.2) is 8.78 Å². The van der Waals surface area contributed by atoms with Crippen molar-refractivity contribution in [1.82, 2.24) is 0 Å². The molecule has 0 aromatic rings. The van der Waals surface area contributed by atoms with Crippen LogP contribution in [-0.4, -0.2) is 24.4 Å². The van der Waals surface area contributed by atoms with Crippen molar-refractivity contribution in [3.8, 4) is 0 Å². The average molecular weight is 355 g/mol. The molecule has 0 spiro atoms. The summed E-state index contributed by atoms with van der Waals surface area (Å²) in [6.45, 7) is 4.34. The van der Waals surface area contributed by atoms with Gasteiger partial charge in [-0.05, 0) is 24.6 Å². The van der Waals surface area contributed by atoms with Gasteiger partial charge in [0.25, 0.3) is 0 Å². The summed E-state index contributed by atoms with van der Waals surface area (Å²) in [6, 6.07) is 4.83. The number of alkyl halides is 2. The first-order chi connectivity index (χ1) is 10.5. The maximum absolute atomic E-state index is 15.2. The van der Waals surface area contributed by atoms with Gasteiger partial charge in [0.1, 0.15) is 0 Å². The second-order valence-electron chi connectivity index (χ2n) is 6.76. The topological polar surface area (TPSA) is 0 Å². The highest BCUT2D eigenvalue weighted by atomic mass is 28.4. The van der Waals surface area contributed by atoms with Gasteiger partial charge in [0.05, 0.1) is 0 Å². The fourth-order valence-corrected chi connectivity index (χ4v) is 10.1. The van der Waals surface area contributed by atoms with E-state index in [1.807, 2.05) is 0 Å². The van der Waals surface area contributed by atoms with E-state index in [1.165, 1.54) is 12.8 Å². The summed E-state index contributed by atoms with van der Waals surface area (Å²) >= 11 is 0. The SMILES string of the molecule is CCCCC[Si](F)(CCCCC)CC[SiH2]CCCCC(F)F. The van der Waals surface area contributed by atoms with Crippen molar-refractivity contribution in [2.45, 2.75) is 108 Å². The van der Waals surface area contributed by atoms with Gasteiger partial charge in [0, 0.05) is 15.9 Å². The summed E-state index contributed by atoms with van der Waals surface area (Å²) in [5.41, 5.74) is 0. The number of rotatable bonds is 16. The van der Waals surface area contributed by atoms with Crippen molar-refractivity contribution in [2.75, 3.05) is 0 Å². The molecule has 0 fully saturated rings. The molecular formula is C17H37F3Si2. The molecule has 0 aromatic heterocycles. The summed E-state index contributed by atoms with van der Waals surface area (Å²) in [5.74, 6) is 0. The Morgan fingerprint density at radius 1 is 0.773 bits per heavy atom. The first-order valence-electron chi connectivity index (χ1n) is 9.51. The fraction of sp³-hybridized carbons (Fsp3) is 1.00. The summed E-state index contributed by atoms with van der Waals surface area (Å²) in [4.78, 5) is 0. The van der Waals surface area contributed by atoms with Crippen LogP contribution in [0.2, 0.25) is 30.2 Å². The van der Waals surface area contributed by atoms with E-state index < -0.39 is 14.8 Å². The van der Waals surface area contributed by atoms with Crippen LogP contribution < -0.4 is 0 Å². The molecule has 0 atom stereocenters. The van der Waals surface area contributed by atoms with Gasteiger partial charge in [-0.1, -0.05) is 70.9 Å². The van der Waals surface area contributed by atoms with Crippen molar-refractivity contribution in [1.29, 1.82) is 0 Å². The maximum atomic E-state index is 15.2. The molecule has 0 aliphatic heterocycles. The van der Waals surface area contributed by atoms with E-state index >= 15 is 4.11 Å². The lowest BCUT2D eigenvalue weighted by molar-refractivity contribution is 0.134. The fourth-order valence-electron chi connectivity index (χ4n) is 3.03. The summed E-state index contributed by atoms with van der Waals surface area (Å²) < 4.78 is 39.2. The predicted octanol–water partition coefficient (Wildman–Crippen LogP) is 6.72. The molecule has 0 rings (SSSR count). The van der Waals surface area contributed by atoms with Gasteiger partial charge in [-0.3, -0.25) is 0 Å². The van der Waals surface area contributed by atoms with Crippen LogP contribution in [0.25, 0.3) is 0 Å². The molecule has 5 heteroatoms. The number of hydrogen-bond acceptors (Lipinski definition) is 0. The lowest BCUT2D eigenvalue weighted by Crippen LogP contribution is -2.28. The molecule has 0 unspecified atom stereocenters. The van der Waals surface area contributed by atoms with Crippen LogP contribution in [0, 0.1) is 0 Å². The van der Waals surface area contributed by atoms with Gasteiger partial charge >= 0.3 is 0 Å². The van der Waals surface area contributed by atoms with Gasteiger partial charge in [0.2, 0.25) is 14.8 Å². The molecule has 0 N–H and O–H groups in total. The number of unbranched alkanes of at least 4 members (excludes halogenated alkanes) is 5. The van der Waals surface area contributed by atoms with E-state index in [4.69, 9.17) is 0 Å². The van der Waals surface area contributed by atoms with Crippen molar-refractivity contribution < 1.29 is 12.9 Å². The van der Waals surface area contributed by atoms with Crippen LogP contribution in [0.1, 0.15) is 71.6 Å². The second-order valence-corrected chi connectivity index (χ2v) is 12.7. The Hall–Kier alpha value is 0.224. The molecule has 0 saturated carbocycles. The quantitative estimate of drug-likeness (QED) is 0.164. The molecule has 0 bridgehead atoms. The molecule has 0 amide bonds. The van der Waals surface area contributed by atoms with Crippen LogP contribution in [0.4, 0.5) is 12.9 Å². The van der Waals surface area contributed by atoms with Crippen LogP contribution in [0.15, 0.2) is 0 Å².